The smallest absolute Gasteiger partial charge is 0.119 e. The van der Waals surface area contributed by atoms with E-state index in [0.29, 0.717) is 6.04 Å². The number of rotatable bonds is 5. The molecule has 22 heavy (non-hydrogen) atoms. The van der Waals surface area contributed by atoms with Gasteiger partial charge in [-0.25, -0.2) is 4.98 Å². The van der Waals surface area contributed by atoms with Crippen LogP contribution in [0.5, 0.6) is 5.75 Å². The highest BCUT2D eigenvalue weighted by Crippen LogP contribution is 2.25. The fourth-order valence-electron chi connectivity index (χ4n) is 3.19. The fourth-order valence-corrected chi connectivity index (χ4v) is 3.19. The van der Waals surface area contributed by atoms with Crippen LogP contribution in [-0.4, -0.2) is 29.2 Å². The lowest BCUT2D eigenvalue weighted by atomic mass is 9.88. The van der Waals surface area contributed by atoms with Crippen LogP contribution in [0.2, 0.25) is 0 Å². The van der Waals surface area contributed by atoms with E-state index < -0.39 is 0 Å². The summed E-state index contributed by atoms with van der Waals surface area (Å²) in [5.41, 5.74) is 5.29. The molecule has 1 aromatic heterocycles. The number of benzene rings is 1. The molecule has 0 fully saturated rings. The van der Waals surface area contributed by atoms with Crippen LogP contribution in [0.25, 0.3) is 0 Å². The van der Waals surface area contributed by atoms with Crippen LogP contribution in [0.4, 0.5) is 0 Å². The average Bonchev–Trinajstić information content (AvgIpc) is 2.86. The van der Waals surface area contributed by atoms with Gasteiger partial charge in [-0.15, -0.1) is 0 Å². The summed E-state index contributed by atoms with van der Waals surface area (Å²) in [5, 5.41) is 3.70. The molecule has 1 aliphatic carbocycles. The zero-order chi connectivity index (χ0) is 15.5. The lowest BCUT2D eigenvalue weighted by Crippen LogP contribution is -2.36. The Labute approximate surface area is 132 Å². The summed E-state index contributed by atoms with van der Waals surface area (Å²) < 4.78 is 7.56. The molecule has 3 rings (SSSR count). The second-order valence-electron chi connectivity index (χ2n) is 6.14. The lowest BCUT2D eigenvalue weighted by molar-refractivity contribution is 0.410. The van der Waals surface area contributed by atoms with Crippen LogP contribution < -0.4 is 10.1 Å². The summed E-state index contributed by atoms with van der Waals surface area (Å²) in [6.07, 6.45) is 5.39. The number of nitrogens with one attached hydrogen (secondary N) is 1. The number of nitrogens with zero attached hydrogens (tertiary/aromatic N) is 2. The Hall–Kier alpha value is -1.81. The summed E-state index contributed by atoms with van der Waals surface area (Å²) in [7, 11) is 1.73. The Morgan fingerprint density at radius 3 is 2.91 bits per heavy atom. The third-order valence-corrected chi connectivity index (χ3v) is 4.77. The van der Waals surface area contributed by atoms with Gasteiger partial charge in [0.25, 0.3) is 0 Å². The van der Waals surface area contributed by atoms with Crippen LogP contribution in [0, 0.1) is 13.8 Å². The number of fused-ring (bicyclic) bond motifs is 1. The molecule has 0 bridgehead atoms. The van der Waals surface area contributed by atoms with Crippen molar-refractivity contribution in [3.63, 3.8) is 0 Å². The molecular weight excluding hydrogens is 274 g/mol. The Bertz CT molecular complexity index is 648. The van der Waals surface area contributed by atoms with Gasteiger partial charge in [0.2, 0.25) is 0 Å². The molecule has 0 aliphatic heterocycles. The standard InChI is InChI=1S/C18H25N3O/c1-13-14(2)21(12-20-13)9-8-19-17-6-4-15-5-7-18(22-3)11-16(15)10-17/h5,7,11-12,17,19H,4,6,8-10H2,1-3H3. The van der Waals surface area contributed by atoms with Gasteiger partial charge in [0, 0.05) is 24.8 Å². The Morgan fingerprint density at radius 1 is 1.32 bits per heavy atom. The van der Waals surface area contributed by atoms with Crippen LogP contribution in [0.15, 0.2) is 24.5 Å². The van der Waals surface area contributed by atoms with E-state index >= 15 is 0 Å². The topological polar surface area (TPSA) is 39.1 Å². The number of ether oxygens (including phenoxy) is 1. The van der Waals surface area contributed by atoms with E-state index in [9.17, 15) is 0 Å². The van der Waals surface area contributed by atoms with Crippen molar-refractivity contribution in [1.29, 1.82) is 0 Å². The van der Waals surface area contributed by atoms with E-state index in [1.165, 1.54) is 23.2 Å². The predicted molar refractivity (Wildman–Crippen MR) is 88.5 cm³/mol. The maximum Gasteiger partial charge on any atom is 0.119 e. The highest BCUT2D eigenvalue weighted by Gasteiger charge is 2.18. The highest BCUT2D eigenvalue weighted by atomic mass is 16.5. The predicted octanol–water partition coefficient (Wildman–Crippen LogP) is 2.66. The molecule has 118 valence electrons. The molecule has 1 aliphatic rings. The number of imidazole rings is 1. The molecule has 2 aromatic rings. The molecule has 1 heterocycles. The van der Waals surface area contributed by atoms with Crippen LogP contribution >= 0.6 is 0 Å². The largest absolute Gasteiger partial charge is 0.497 e. The van der Waals surface area contributed by atoms with Crippen molar-refractivity contribution < 1.29 is 4.74 Å². The van der Waals surface area contributed by atoms with E-state index in [4.69, 9.17) is 4.74 Å². The van der Waals surface area contributed by atoms with E-state index in [1.54, 1.807) is 7.11 Å². The van der Waals surface area contributed by atoms with E-state index in [1.807, 2.05) is 6.33 Å². The number of hydrogen-bond acceptors (Lipinski definition) is 3. The first-order chi connectivity index (χ1) is 10.7. The lowest BCUT2D eigenvalue weighted by Gasteiger charge is -2.26. The van der Waals surface area contributed by atoms with Gasteiger partial charge in [0.05, 0.1) is 19.1 Å². The quantitative estimate of drug-likeness (QED) is 0.922. The maximum absolute atomic E-state index is 5.34. The van der Waals surface area contributed by atoms with Crippen molar-refractivity contribution in [1.82, 2.24) is 14.9 Å². The van der Waals surface area contributed by atoms with E-state index in [-0.39, 0.29) is 0 Å². The van der Waals surface area contributed by atoms with Gasteiger partial charge in [0.15, 0.2) is 0 Å². The van der Waals surface area contributed by atoms with Crippen LogP contribution in [0.3, 0.4) is 0 Å². The van der Waals surface area contributed by atoms with Gasteiger partial charge in [-0.1, -0.05) is 6.07 Å². The molecule has 1 unspecified atom stereocenters. The molecule has 0 saturated heterocycles. The first-order valence-corrected chi connectivity index (χ1v) is 8.05. The van der Waals surface area contributed by atoms with Gasteiger partial charge < -0.3 is 14.6 Å². The minimum atomic E-state index is 0.560. The molecule has 0 spiro atoms. The summed E-state index contributed by atoms with van der Waals surface area (Å²) >= 11 is 0. The van der Waals surface area contributed by atoms with Gasteiger partial charge in [-0.2, -0.15) is 0 Å². The Morgan fingerprint density at radius 2 is 2.18 bits per heavy atom. The summed E-state index contributed by atoms with van der Waals surface area (Å²) in [5.74, 6) is 0.962. The molecule has 1 atom stereocenters. The summed E-state index contributed by atoms with van der Waals surface area (Å²) in [6, 6.07) is 7.02. The monoisotopic (exact) mass is 299 g/mol. The second-order valence-corrected chi connectivity index (χ2v) is 6.14. The van der Waals surface area contributed by atoms with Crippen LogP contribution in [-0.2, 0) is 19.4 Å². The zero-order valence-corrected chi connectivity index (χ0v) is 13.7. The van der Waals surface area contributed by atoms with E-state index in [0.717, 1.165) is 37.4 Å². The number of methoxy groups -OCH3 is 1. The third kappa shape index (κ3) is 3.17. The van der Waals surface area contributed by atoms with Crippen molar-refractivity contribution in [2.45, 2.75) is 45.7 Å². The first kappa shape index (κ1) is 15.1. The zero-order valence-electron chi connectivity index (χ0n) is 13.7. The Balaban J connectivity index is 1.55. The molecule has 0 amide bonds. The molecule has 4 nitrogen and oxygen atoms in total. The number of hydrogen-bond donors (Lipinski definition) is 1. The molecule has 1 N–H and O–H groups in total. The molecule has 1 aromatic carbocycles. The van der Waals surface area contributed by atoms with Crippen molar-refractivity contribution >= 4 is 0 Å². The maximum atomic E-state index is 5.34. The number of aromatic nitrogens is 2. The SMILES string of the molecule is COc1ccc2c(c1)CC(NCCn1cnc(C)c1C)CC2. The van der Waals surface area contributed by atoms with Crippen molar-refractivity contribution in [3.8, 4) is 5.75 Å². The van der Waals surface area contributed by atoms with E-state index in [2.05, 4.69) is 46.9 Å². The highest BCUT2D eigenvalue weighted by molar-refractivity contribution is 5.37. The van der Waals surface area contributed by atoms with Gasteiger partial charge in [-0.3, -0.25) is 0 Å². The van der Waals surface area contributed by atoms with Crippen molar-refractivity contribution in [2.24, 2.45) is 0 Å². The van der Waals surface area contributed by atoms with Crippen molar-refractivity contribution in [2.75, 3.05) is 13.7 Å². The summed E-state index contributed by atoms with van der Waals surface area (Å²) in [6.45, 7) is 6.16. The van der Waals surface area contributed by atoms with Crippen molar-refractivity contribution in [3.05, 3.63) is 47.0 Å². The molecular formula is C18H25N3O. The van der Waals surface area contributed by atoms with Crippen LogP contribution in [0.1, 0.15) is 28.9 Å². The average molecular weight is 299 g/mol. The normalized spacial score (nSPS) is 17.3. The fraction of sp³-hybridized carbons (Fsp3) is 0.500. The molecule has 4 heteroatoms. The Kier molecular flexibility index (Phi) is 4.48. The first-order valence-electron chi connectivity index (χ1n) is 8.05. The minimum Gasteiger partial charge on any atom is -0.497 e. The third-order valence-electron chi connectivity index (χ3n) is 4.77. The summed E-state index contributed by atoms with van der Waals surface area (Å²) in [4.78, 5) is 4.35. The minimum absolute atomic E-state index is 0.560. The second kappa shape index (κ2) is 6.53. The van der Waals surface area contributed by atoms with Gasteiger partial charge in [-0.05, 0) is 56.4 Å². The van der Waals surface area contributed by atoms with Gasteiger partial charge in [0.1, 0.15) is 5.75 Å². The number of aryl methyl sites for hydroxylation is 2. The molecule has 0 radical (unpaired) electrons. The van der Waals surface area contributed by atoms with Gasteiger partial charge >= 0.3 is 0 Å². The molecule has 0 saturated carbocycles.